The Labute approximate surface area is 118 Å². The van der Waals surface area contributed by atoms with Crippen LogP contribution in [0.5, 0.6) is 0 Å². The summed E-state index contributed by atoms with van der Waals surface area (Å²) >= 11 is 1.74. The van der Waals surface area contributed by atoms with Crippen molar-refractivity contribution in [1.82, 2.24) is 24.9 Å². The molecule has 1 aliphatic carbocycles. The third-order valence-electron chi connectivity index (χ3n) is 3.24. The lowest BCUT2D eigenvalue weighted by Gasteiger charge is -2.05. The third kappa shape index (κ3) is 2.07. The summed E-state index contributed by atoms with van der Waals surface area (Å²) in [6.45, 7) is 0.619. The van der Waals surface area contributed by atoms with E-state index in [0.717, 1.165) is 11.2 Å². The van der Waals surface area contributed by atoms with E-state index in [0.29, 0.717) is 23.9 Å². The molecule has 8 heteroatoms. The molecule has 1 saturated carbocycles. The van der Waals surface area contributed by atoms with E-state index in [-0.39, 0.29) is 5.95 Å². The summed E-state index contributed by atoms with van der Waals surface area (Å²) in [5.41, 5.74) is 8.03. The van der Waals surface area contributed by atoms with Gasteiger partial charge in [-0.3, -0.25) is 0 Å². The molecule has 1 fully saturated rings. The van der Waals surface area contributed by atoms with Gasteiger partial charge < -0.3 is 16.0 Å². The number of nitrogens with one attached hydrogen (secondary N) is 2. The van der Waals surface area contributed by atoms with Crippen molar-refractivity contribution in [3.63, 3.8) is 0 Å². The summed E-state index contributed by atoms with van der Waals surface area (Å²) in [5, 5.41) is 6.58. The summed E-state index contributed by atoms with van der Waals surface area (Å²) in [6, 6.07) is 0. The molecule has 0 aliphatic heterocycles. The highest BCUT2D eigenvalue weighted by atomic mass is 32.1. The van der Waals surface area contributed by atoms with Gasteiger partial charge in [-0.1, -0.05) is 0 Å². The summed E-state index contributed by atoms with van der Waals surface area (Å²) in [7, 11) is 0. The second-order valence-corrected chi connectivity index (χ2v) is 5.73. The number of fused-ring (bicyclic) bond motifs is 1. The van der Waals surface area contributed by atoms with Gasteiger partial charge in [0.25, 0.3) is 0 Å². The summed E-state index contributed by atoms with van der Waals surface area (Å²) < 4.78 is 0. The summed E-state index contributed by atoms with van der Waals surface area (Å²) in [6.07, 6.45) is 4.13. The van der Waals surface area contributed by atoms with Crippen LogP contribution in [0, 0.1) is 0 Å². The Morgan fingerprint density at radius 2 is 2.25 bits per heavy atom. The van der Waals surface area contributed by atoms with Crippen LogP contribution in [0.4, 0.5) is 11.8 Å². The minimum Gasteiger partial charge on any atom is -0.368 e. The monoisotopic (exact) mass is 287 g/mol. The molecule has 102 valence electrons. The fourth-order valence-corrected chi connectivity index (χ4v) is 3.06. The van der Waals surface area contributed by atoms with E-state index >= 15 is 0 Å². The van der Waals surface area contributed by atoms with Crippen molar-refractivity contribution in [2.24, 2.45) is 0 Å². The molecule has 4 N–H and O–H groups in total. The highest BCUT2D eigenvalue weighted by Gasteiger charge is 2.26. The van der Waals surface area contributed by atoms with Crippen molar-refractivity contribution < 1.29 is 0 Å². The van der Waals surface area contributed by atoms with E-state index in [1.165, 1.54) is 17.8 Å². The third-order valence-corrected chi connectivity index (χ3v) is 4.29. The maximum absolute atomic E-state index is 5.68. The second-order valence-electron chi connectivity index (χ2n) is 4.84. The van der Waals surface area contributed by atoms with E-state index in [4.69, 9.17) is 5.73 Å². The predicted octanol–water partition coefficient (Wildman–Crippen LogP) is 1.88. The molecule has 0 saturated heterocycles. The zero-order chi connectivity index (χ0) is 13.5. The lowest BCUT2D eigenvalue weighted by atomic mass is 10.4. The number of hydrogen-bond donors (Lipinski definition) is 3. The number of H-pyrrole nitrogens is 1. The SMILES string of the molecule is Nc1nc(NCc2csc(C3CC3)n2)c2[nH]cnc2n1. The first-order valence-electron chi connectivity index (χ1n) is 6.44. The number of anilines is 2. The van der Waals surface area contributed by atoms with Crippen molar-refractivity contribution in [2.45, 2.75) is 25.3 Å². The highest BCUT2D eigenvalue weighted by molar-refractivity contribution is 7.09. The molecule has 20 heavy (non-hydrogen) atoms. The lowest BCUT2D eigenvalue weighted by molar-refractivity contribution is 0.995. The molecule has 0 radical (unpaired) electrons. The molecule has 0 unspecified atom stereocenters. The van der Waals surface area contributed by atoms with E-state index in [1.807, 2.05) is 0 Å². The van der Waals surface area contributed by atoms with E-state index in [1.54, 1.807) is 17.7 Å². The van der Waals surface area contributed by atoms with Gasteiger partial charge >= 0.3 is 0 Å². The van der Waals surface area contributed by atoms with Gasteiger partial charge in [-0.05, 0) is 12.8 Å². The molecular formula is C12H13N7S. The quantitative estimate of drug-likeness (QED) is 0.676. The first-order valence-corrected chi connectivity index (χ1v) is 7.32. The fourth-order valence-electron chi connectivity index (χ4n) is 2.07. The zero-order valence-electron chi connectivity index (χ0n) is 10.6. The molecule has 4 rings (SSSR count). The van der Waals surface area contributed by atoms with E-state index < -0.39 is 0 Å². The van der Waals surface area contributed by atoms with Crippen LogP contribution in [0.3, 0.4) is 0 Å². The van der Waals surface area contributed by atoms with Crippen LogP contribution in [0.1, 0.15) is 29.5 Å². The fraction of sp³-hybridized carbons (Fsp3) is 0.333. The van der Waals surface area contributed by atoms with Gasteiger partial charge in [0.05, 0.1) is 23.6 Å². The van der Waals surface area contributed by atoms with Crippen LogP contribution in [-0.4, -0.2) is 24.9 Å². The standard InChI is InChI=1S/C12H13N7S/c13-12-18-9(8-10(19-12)16-5-15-8)14-3-7-4-20-11(17-7)6-1-2-6/h4-6H,1-3H2,(H4,13,14,15,16,18,19). The normalized spacial score (nSPS) is 14.8. The maximum Gasteiger partial charge on any atom is 0.224 e. The van der Waals surface area contributed by atoms with Gasteiger partial charge in [0.15, 0.2) is 11.5 Å². The van der Waals surface area contributed by atoms with E-state index in [2.05, 4.69) is 35.6 Å². The zero-order valence-corrected chi connectivity index (χ0v) is 11.4. The molecular weight excluding hydrogens is 274 g/mol. The first-order chi connectivity index (χ1) is 9.79. The van der Waals surface area contributed by atoms with Crippen LogP contribution >= 0.6 is 11.3 Å². The number of nitrogen functional groups attached to an aromatic ring is 1. The number of aromatic nitrogens is 5. The Morgan fingerprint density at radius 1 is 1.35 bits per heavy atom. The predicted molar refractivity (Wildman–Crippen MR) is 77.5 cm³/mol. The smallest absolute Gasteiger partial charge is 0.224 e. The van der Waals surface area contributed by atoms with Crippen molar-refractivity contribution >= 4 is 34.3 Å². The summed E-state index contributed by atoms with van der Waals surface area (Å²) in [4.78, 5) is 20.0. The van der Waals surface area contributed by atoms with Gasteiger partial charge in [-0.25, -0.2) is 9.97 Å². The van der Waals surface area contributed by atoms with Crippen molar-refractivity contribution in [1.29, 1.82) is 0 Å². The lowest BCUT2D eigenvalue weighted by Crippen LogP contribution is -2.05. The van der Waals surface area contributed by atoms with Gasteiger partial charge in [-0.2, -0.15) is 9.97 Å². The Kier molecular flexibility index (Phi) is 2.56. The number of rotatable bonds is 4. The van der Waals surface area contributed by atoms with Crippen LogP contribution in [-0.2, 0) is 6.54 Å². The molecule has 3 aromatic heterocycles. The van der Waals surface area contributed by atoms with Crippen molar-refractivity contribution in [3.8, 4) is 0 Å². The molecule has 0 spiro atoms. The van der Waals surface area contributed by atoms with Crippen molar-refractivity contribution in [3.05, 3.63) is 22.4 Å². The Bertz CT molecular complexity index is 758. The van der Waals surface area contributed by atoms with Crippen LogP contribution in [0.25, 0.3) is 11.2 Å². The Hall–Kier alpha value is -2.22. The van der Waals surface area contributed by atoms with Crippen LogP contribution < -0.4 is 11.1 Å². The number of aromatic amines is 1. The summed E-state index contributed by atoms with van der Waals surface area (Å²) in [5.74, 6) is 1.57. The average Bonchev–Trinajstić information content (AvgIpc) is 2.99. The second kappa shape index (κ2) is 4.41. The number of nitrogens with zero attached hydrogens (tertiary/aromatic N) is 4. The molecule has 3 aromatic rings. The molecule has 0 bridgehead atoms. The van der Waals surface area contributed by atoms with Gasteiger partial charge in [0.1, 0.15) is 5.52 Å². The number of thiazole rings is 1. The average molecular weight is 287 g/mol. The van der Waals surface area contributed by atoms with Gasteiger partial charge in [0.2, 0.25) is 5.95 Å². The highest BCUT2D eigenvalue weighted by Crippen LogP contribution is 2.41. The van der Waals surface area contributed by atoms with E-state index in [9.17, 15) is 0 Å². The molecule has 0 aromatic carbocycles. The van der Waals surface area contributed by atoms with Crippen molar-refractivity contribution in [2.75, 3.05) is 11.1 Å². The number of imidazole rings is 1. The molecule has 0 atom stereocenters. The number of nitrogens with two attached hydrogens (primary N) is 1. The number of hydrogen-bond acceptors (Lipinski definition) is 7. The topological polar surface area (TPSA) is 105 Å². The molecule has 3 heterocycles. The molecule has 7 nitrogen and oxygen atoms in total. The largest absolute Gasteiger partial charge is 0.368 e. The van der Waals surface area contributed by atoms with Gasteiger partial charge in [-0.15, -0.1) is 11.3 Å². The van der Waals surface area contributed by atoms with Gasteiger partial charge in [0, 0.05) is 11.3 Å². The minimum atomic E-state index is 0.212. The maximum atomic E-state index is 5.68. The molecule has 0 amide bonds. The van der Waals surface area contributed by atoms with Crippen LogP contribution in [0.15, 0.2) is 11.7 Å². The van der Waals surface area contributed by atoms with Crippen LogP contribution in [0.2, 0.25) is 0 Å². The Balaban J connectivity index is 1.55. The first kappa shape index (κ1) is 11.6. The molecule has 1 aliphatic rings. The Morgan fingerprint density at radius 3 is 3.10 bits per heavy atom. The minimum absolute atomic E-state index is 0.212.